The normalized spacial score (nSPS) is 10.3. The van der Waals surface area contributed by atoms with Crippen molar-refractivity contribution in [2.75, 3.05) is 0 Å². The van der Waals surface area contributed by atoms with E-state index in [1.54, 1.807) is 0 Å². The Morgan fingerprint density at radius 2 is 2.08 bits per heavy atom. The SMILES string of the molecule is Cc1cncn1-c1ccccc1Br. The van der Waals surface area contributed by atoms with E-state index in [0.29, 0.717) is 0 Å². The zero-order valence-electron chi connectivity index (χ0n) is 7.24. The van der Waals surface area contributed by atoms with Crippen LogP contribution in [-0.4, -0.2) is 9.55 Å². The molecule has 0 N–H and O–H groups in total. The average molecular weight is 237 g/mol. The van der Waals surface area contributed by atoms with Gasteiger partial charge in [0.2, 0.25) is 0 Å². The smallest absolute Gasteiger partial charge is 0.0994 e. The van der Waals surface area contributed by atoms with Crippen molar-refractivity contribution < 1.29 is 0 Å². The summed E-state index contributed by atoms with van der Waals surface area (Å²) in [6, 6.07) is 8.09. The fourth-order valence-electron chi connectivity index (χ4n) is 1.26. The molecule has 0 aliphatic carbocycles. The molecule has 0 atom stereocenters. The number of imidazole rings is 1. The summed E-state index contributed by atoms with van der Waals surface area (Å²) in [5.41, 5.74) is 2.25. The fourth-order valence-corrected chi connectivity index (χ4v) is 1.74. The van der Waals surface area contributed by atoms with Gasteiger partial charge in [0, 0.05) is 16.4 Å². The molecule has 0 saturated heterocycles. The summed E-state index contributed by atoms with van der Waals surface area (Å²) >= 11 is 3.50. The van der Waals surface area contributed by atoms with Gasteiger partial charge < -0.3 is 4.57 Å². The highest BCUT2D eigenvalue weighted by atomic mass is 79.9. The second kappa shape index (κ2) is 3.34. The van der Waals surface area contributed by atoms with E-state index >= 15 is 0 Å². The van der Waals surface area contributed by atoms with Crippen LogP contribution < -0.4 is 0 Å². The van der Waals surface area contributed by atoms with Crippen LogP contribution >= 0.6 is 15.9 Å². The summed E-state index contributed by atoms with van der Waals surface area (Å²) in [4.78, 5) is 4.08. The first kappa shape index (κ1) is 8.51. The highest BCUT2D eigenvalue weighted by Crippen LogP contribution is 2.21. The maximum absolute atomic E-state index is 4.08. The van der Waals surface area contributed by atoms with E-state index in [2.05, 4.69) is 27.0 Å². The van der Waals surface area contributed by atoms with Gasteiger partial charge in [0.05, 0.1) is 12.0 Å². The van der Waals surface area contributed by atoms with Crippen LogP contribution in [0.2, 0.25) is 0 Å². The number of nitrogens with zero attached hydrogens (tertiary/aromatic N) is 2. The van der Waals surface area contributed by atoms with E-state index in [-0.39, 0.29) is 0 Å². The lowest BCUT2D eigenvalue weighted by Crippen LogP contribution is -1.94. The van der Waals surface area contributed by atoms with Crippen LogP contribution in [0.15, 0.2) is 41.3 Å². The Labute approximate surface area is 85.4 Å². The highest BCUT2D eigenvalue weighted by molar-refractivity contribution is 9.10. The van der Waals surface area contributed by atoms with Crippen molar-refractivity contribution in [1.29, 1.82) is 0 Å². The van der Waals surface area contributed by atoms with E-state index in [0.717, 1.165) is 15.9 Å². The molecule has 1 heterocycles. The molecule has 2 rings (SSSR count). The maximum Gasteiger partial charge on any atom is 0.0994 e. The molecule has 0 unspecified atom stereocenters. The minimum Gasteiger partial charge on any atom is -0.302 e. The van der Waals surface area contributed by atoms with Crippen molar-refractivity contribution in [2.24, 2.45) is 0 Å². The maximum atomic E-state index is 4.08. The summed E-state index contributed by atoms with van der Waals surface area (Å²) in [5.74, 6) is 0. The van der Waals surface area contributed by atoms with E-state index < -0.39 is 0 Å². The van der Waals surface area contributed by atoms with Crippen molar-refractivity contribution in [2.45, 2.75) is 6.92 Å². The molecular formula is C10H9BrN2. The molecule has 1 aromatic carbocycles. The van der Waals surface area contributed by atoms with Gasteiger partial charge in [0.25, 0.3) is 0 Å². The molecule has 3 heteroatoms. The van der Waals surface area contributed by atoms with Crippen molar-refractivity contribution in [1.82, 2.24) is 9.55 Å². The minimum absolute atomic E-state index is 1.08. The van der Waals surface area contributed by atoms with Crippen molar-refractivity contribution >= 4 is 15.9 Å². The summed E-state index contributed by atoms with van der Waals surface area (Å²) in [5, 5.41) is 0. The van der Waals surface area contributed by atoms with Crippen molar-refractivity contribution in [3.63, 3.8) is 0 Å². The Bertz CT molecular complexity index is 420. The van der Waals surface area contributed by atoms with Crippen molar-refractivity contribution in [3.05, 3.63) is 47.0 Å². The molecule has 0 saturated carbocycles. The molecule has 0 aliphatic rings. The third kappa shape index (κ3) is 1.52. The molecule has 0 aliphatic heterocycles. The zero-order chi connectivity index (χ0) is 9.26. The molecule has 0 spiro atoms. The number of hydrogen-bond acceptors (Lipinski definition) is 1. The fraction of sp³-hybridized carbons (Fsp3) is 0.100. The summed E-state index contributed by atoms with van der Waals surface area (Å²) in [6.45, 7) is 2.03. The standard InChI is InChI=1S/C10H9BrN2/c1-8-6-12-7-13(8)10-5-3-2-4-9(10)11/h2-7H,1H3. The van der Waals surface area contributed by atoms with Crippen LogP contribution in [0.25, 0.3) is 5.69 Å². The first-order valence-corrected chi connectivity index (χ1v) is 4.82. The third-order valence-corrected chi connectivity index (χ3v) is 2.61. The van der Waals surface area contributed by atoms with Gasteiger partial charge in [0.1, 0.15) is 0 Å². The number of para-hydroxylation sites is 1. The molecule has 0 fully saturated rings. The monoisotopic (exact) mass is 236 g/mol. The van der Waals surface area contributed by atoms with Gasteiger partial charge >= 0.3 is 0 Å². The predicted molar refractivity (Wildman–Crippen MR) is 56.0 cm³/mol. The molecule has 1 aromatic heterocycles. The number of hydrogen-bond donors (Lipinski definition) is 0. The van der Waals surface area contributed by atoms with Gasteiger partial charge in [-0.2, -0.15) is 0 Å². The first-order valence-electron chi connectivity index (χ1n) is 4.03. The molecule has 2 nitrogen and oxygen atoms in total. The summed E-state index contributed by atoms with van der Waals surface area (Å²) < 4.78 is 3.13. The van der Waals surface area contributed by atoms with Crippen LogP contribution in [0.3, 0.4) is 0 Å². The molecule has 0 amide bonds. The van der Waals surface area contributed by atoms with Crippen LogP contribution in [0, 0.1) is 6.92 Å². The van der Waals surface area contributed by atoms with E-state index in [1.807, 2.05) is 42.2 Å². The molecule has 2 aromatic rings. The largest absolute Gasteiger partial charge is 0.302 e. The third-order valence-electron chi connectivity index (χ3n) is 1.94. The Hall–Kier alpha value is -1.09. The number of benzene rings is 1. The molecular weight excluding hydrogens is 228 g/mol. The van der Waals surface area contributed by atoms with Crippen LogP contribution in [0.1, 0.15) is 5.69 Å². The summed E-state index contributed by atoms with van der Waals surface area (Å²) in [6.07, 6.45) is 3.66. The number of rotatable bonds is 1. The molecule has 0 bridgehead atoms. The average Bonchev–Trinajstić information content (AvgIpc) is 2.52. The van der Waals surface area contributed by atoms with Gasteiger partial charge in [-0.1, -0.05) is 12.1 Å². The number of aryl methyl sites for hydroxylation is 1. The highest BCUT2D eigenvalue weighted by Gasteiger charge is 2.02. The van der Waals surface area contributed by atoms with Gasteiger partial charge in [-0.15, -0.1) is 0 Å². The molecule has 66 valence electrons. The lowest BCUT2D eigenvalue weighted by molar-refractivity contribution is 0.998. The Morgan fingerprint density at radius 1 is 1.31 bits per heavy atom. The van der Waals surface area contributed by atoms with E-state index in [1.165, 1.54) is 0 Å². The van der Waals surface area contributed by atoms with E-state index in [9.17, 15) is 0 Å². The molecule has 0 radical (unpaired) electrons. The lowest BCUT2D eigenvalue weighted by Gasteiger charge is -2.06. The predicted octanol–water partition coefficient (Wildman–Crippen LogP) is 2.94. The van der Waals surface area contributed by atoms with E-state index in [4.69, 9.17) is 0 Å². The Kier molecular flexibility index (Phi) is 2.19. The first-order chi connectivity index (χ1) is 6.29. The topological polar surface area (TPSA) is 17.8 Å². The minimum atomic E-state index is 1.08. The number of aromatic nitrogens is 2. The van der Waals surface area contributed by atoms with Crippen LogP contribution in [0.5, 0.6) is 0 Å². The zero-order valence-corrected chi connectivity index (χ0v) is 8.82. The Morgan fingerprint density at radius 3 is 2.69 bits per heavy atom. The summed E-state index contributed by atoms with van der Waals surface area (Å²) in [7, 11) is 0. The van der Waals surface area contributed by atoms with Crippen LogP contribution in [-0.2, 0) is 0 Å². The van der Waals surface area contributed by atoms with Gasteiger partial charge in [-0.25, -0.2) is 4.98 Å². The quantitative estimate of drug-likeness (QED) is 0.745. The van der Waals surface area contributed by atoms with Crippen molar-refractivity contribution in [3.8, 4) is 5.69 Å². The van der Waals surface area contributed by atoms with Gasteiger partial charge in [0.15, 0.2) is 0 Å². The van der Waals surface area contributed by atoms with Gasteiger partial charge in [-0.3, -0.25) is 0 Å². The van der Waals surface area contributed by atoms with Crippen LogP contribution in [0.4, 0.5) is 0 Å². The Balaban J connectivity index is 2.59. The second-order valence-electron chi connectivity index (χ2n) is 2.86. The molecule has 13 heavy (non-hydrogen) atoms. The number of halogens is 1. The lowest BCUT2D eigenvalue weighted by atomic mass is 10.3. The van der Waals surface area contributed by atoms with Gasteiger partial charge in [-0.05, 0) is 35.0 Å². The second-order valence-corrected chi connectivity index (χ2v) is 3.71.